The predicted molar refractivity (Wildman–Crippen MR) is 103 cm³/mol. The van der Waals surface area contributed by atoms with Gasteiger partial charge >= 0.3 is 5.97 Å². The summed E-state index contributed by atoms with van der Waals surface area (Å²) in [5.41, 5.74) is 1.00. The fourth-order valence-electron chi connectivity index (χ4n) is 2.75. The molecule has 4 nitrogen and oxygen atoms in total. The first-order chi connectivity index (χ1) is 14.6. The number of rotatable bonds is 7. The third-order valence-corrected chi connectivity index (χ3v) is 4.57. The Bertz CT molecular complexity index is 976. The Labute approximate surface area is 175 Å². The first kappa shape index (κ1) is 24.0. The van der Waals surface area contributed by atoms with Crippen LogP contribution in [0.3, 0.4) is 0 Å². The highest BCUT2D eigenvalue weighted by molar-refractivity contribution is 5.91. The topological polar surface area (TPSA) is 46.6 Å². The summed E-state index contributed by atoms with van der Waals surface area (Å²) >= 11 is 0. The molecule has 0 unspecified atom stereocenters. The number of benzene rings is 2. The van der Waals surface area contributed by atoms with Gasteiger partial charge in [0.15, 0.2) is 23.3 Å². The lowest BCUT2D eigenvalue weighted by molar-refractivity contribution is -0.165. The zero-order valence-electron chi connectivity index (χ0n) is 16.9. The van der Waals surface area contributed by atoms with Gasteiger partial charge in [0, 0.05) is 6.92 Å². The summed E-state index contributed by atoms with van der Waals surface area (Å²) < 4.78 is 67.3. The number of nitrogens with zero attached hydrogens (tertiary/aromatic N) is 1. The average molecular weight is 441 g/mol. The molecule has 0 saturated carbocycles. The molecule has 0 bridgehead atoms. The van der Waals surface area contributed by atoms with E-state index in [9.17, 15) is 31.5 Å². The Kier molecular flexibility index (Phi) is 7.90. The maximum atomic E-state index is 13.8. The SMILES string of the molecule is C=C(CCCN(OC(=O)c1c(F)c(F)c(F)c(F)c1F)C(C)=O)c1ccc(CC)cc1. The lowest BCUT2D eigenvalue weighted by atomic mass is 10.0. The molecule has 31 heavy (non-hydrogen) atoms. The standard InChI is InChI=1S/C22H20F5NO3/c1-4-14-7-9-15(10-8-14)12(2)6-5-11-28(13(3)29)31-22(30)16-17(23)19(25)21(27)20(26)18(16)24/h7-10H,2,4-6,11H2,1,3H3. The molecule has 166 valence electrons. The molecule has 0 saturated heterocycles. The monoisotopic (exact) mass is 441 g/mol. The maximum absolute atomic E-state index is 13.8. The molecule has 0 aliphatic heterocycles. The van der Waals surface area contributed by atoms with E-state index in [2.05, 4.69) is 11.4 Å². The van der Waals surface area contributed by atoms with E-state index in [0.29, 0.717) is 11.5 Å². The number of hydrogen-bond acceptors (Lipinski definition) is 3. The maximum Gasteiger partial charge on any atom is 0.369 e. The molecule has 0 atom stereocenters. The zero-order chi connectivity index (χ0) is 23.3. The van der Waals surface area contributed by atoms with Crippen LogP contribution in [-0.2, 0) is 16.1 Å². The van der Waals surface area contributed by atoms with Crippen LogP contribution in [0.2, 0.25) is 0 Å². The highest BCUT2D eigenvalue weighted by Gasteiger charge is 2.32. The number of halogens is 5. The zero-order valence-corrected chi connectivity index (χ0v) is 16.9. The van der Waals surface area contributed by atoms with Gasteiger partial charge in [0.1, 0.15) is 5.56 Å². The van der Waals surface area contributed by atoms with Crippen LogP contribution in [0.1, 0.15) is 48.2 Å². The lowest BCUT2D eigenvalue weighted by Gasteiger charge is -2.20. The second kappa shape index (κ2) is 10.2. The minimum absolute atomic E-state index is 0.178. The van der Waals surface area contributed by atoms with Gasteiger partial charge in [0.2, 0.25) is 5.82 Å². The Hall–Kier alpha value is -3.23. The van der Waals surface area contributed by atoms with Crippen molar-refractivity contribution in [2.45, 2.75) is 33.1 Å². The third kappa shape index (κ3) is 5.48. The Morgan fingerprint density at radius 3 is 1.94 bits per heavy atom. The predicted octanol–water partition coefficient (Wildman–Crippen LogP) is 5.36. The van der Waals surface area contributed by atoms with Gasteiger partial charge in [-0.05, 0) is 36.0 Å². The average Bonchev–Trinajstić information content (AvgIpc) is 2.75. The van der Waals surface area contributed by atoms with E-state index in [1.165, 1.54) is 0 Å². The fraction of sp³-hybridized carbons (Fsp3) is 0.273. The van der Waals surface area contributed by atoms with Crippen molar-refractivity contribution in [3.63, 3.8) is 0 Å². The number of aryl methyl sites for hydroxylation is 1. The quantitative estimate of drug-likeness (QED) is 0.252. The Morgan fingerprint density at radius 1 is 0.935 bits per heavy atom. The molecule has 0 aliphatic rings. The second-order valence-electron chi connectivity index (χ2n) is 6.70. The number of carbonyl (C=O) groups excluding carboxylic acids is 2. The van der Waals surface area contributed by atoms with E-state index in [4.69, 9.17) is 0 Å². The molecule has 0 aliphatic carbocycles. The smallest absolute Gasteiger partial charge is 0.332 e. The number of carbonyl (C=O) groups is 2. The van der Waals surface area contributed by atoms with E-state index in [-0.39, 0.29) is 13.0 Å². The molecule has 2 aromatic carbocycles. The molecule has 0 N–H and O–H groups in total. The van der Waals surface area contributed by atoms with E-state index in [0.717, 1.165) is 30.0 Å². The van der Waals surface area contributed by atoms with Crippen LogP contribution in [-0.4, -0.2) is 23.5 Å². The van der Waals surface area contributed by atoms with Crippen molar-refractivity contribution in [3.05, 3.63) is 76.6 Å². The second-order valence-corrected chi connectivity index (χ2v) is 6.70. The van der Waals surface area contributed by atoms with E-state index >= 15 is 0 Å². The highest BCUT2D eigenvalue weighted by atomic mass is 19.2. The molecule has 1 amide bonds. The van der Waals surface area contributed by atoms with Gasteiger partial charge in [0.05, 0.1) is 6.54 Å². The van der Waals surface area contributed by atoms with Crippen LogP contribution in [0, 0.1) is 29.1 Å². The van der Waals surface area contributed by atoms with Crippen LogP contribution >= 0.6 is 0 Å². The molecule has 2 aromatic rings. The number of hydroxylamine groups is 2. The highest BCUT2D eigenvalue weighted by Crippen LogP contribution is 2.24. The number of amides is 1. The van der Waals surface area contributed by atoms with Crippen molar-refractivity contribution in [1.29, 1.82) is 0 Å². The molecular formula is C22H20F5NO3. The van der Waals surface area contributed by atoms with Gasteiger partial charge in [-0.2, -0.15) is 5.06 Å². The first-order valence-corrected chi connectivity index (χ1v) is 9.37. The lowest BCUT2D eigenvalue weighted by Crippen LogP contribution is -2.33. The molecule has 0 aromatic heterocycles. The van der Waals surface area contributed by atoms with Crippen molar-refractivity contribution < 1.29 is 36.4 Å². The first-order valence-electron chi connectivity index (χ1n) is 9.37. The molecule has 0 spiro atoms. The summed E-state index contributed by atoms with van der Waals surface area (Å²) in [5, 5.41) is 0.494. The van der Waals surface area contributed by atoms with Crippen LogP contribution in [0.25, 0.3) is 5.57 Å². The summed E-state index contributed by atoms with van der Waals surface area (Å²) in [5.74, 6) is -14.3. The summed E-state index contributed by atoms with van der Waals surface area (Å²) in [6.45, 7) is 6.81. The van der Waals surface area contributed by atoms with Crippen molar-refractivity contribution in [2.24, 2.45) is 0 Å². The van der Waals surface area contributed by atoms with E-state index in [1.54, 1.807) is 0 Å². The summed E-state index contributed by atoms with van der Waals surface area (Å²) in [6, 6.07) is 7.70. The van der Waals surface area contributed by atoms with Crippen molar-refractivity contribution in [2.75, 3.05) is 6.54 Å². The third-order valence-electron chi connectivity index (χ3n) is 4.57. The molecule has 0 radical (unpaired) electrons. The van der Waals surface area contributed by atoms with Crippen LogP contribution < -0.4 is 0 Å². The van der Waals surface area contributed by atoms with Gasteiger partial charge in [-0.25, -0.2) is 26.7 Å². The van der Waals surface area contributed by atoms with Crippen LogP contribution in [0.4, 0.5) is 22.0 Å². The van der Waals surface area contributed by atoms with Gasteiger partial charge < -0.3 is 4.84 Å². The summed E-state index contributed by atoms with van der Waals surface area (Å²) in [6.07, 6.45) is 1.54. The van der Waals surface area contributed by atoms with Crippen LogP contribution in [0.5, 0.6) is 0 Å². The van der Waals surface area contributed by atoms with E-state index in [1.807, 2.05) is 31.2 Å². The Morgan fingerprint density at radius 2 is 1.45 bits per heavy atom. The van der Waals surface area contributed by atoms with Crippen LogP contribution in [0.15, 0.2) is 30.8 Å². The largest absolute Gasteiger partial charge is 0.369 e. The normalized spacial score (nSPS) is 10.7. The van der Waals surface area contributed by atoms with Gasteiger partial charge in [-0.3, -0.25) is 4.79 Å². The van der Waals surface area contributed by atoms with E-state index < -0.39 is 46.5 Å². The number of allylic oxidation sites excluding steroid dienone is 1. The molecular weight excluding hydrogens is 421 g/mol. The van der Waals surface area contributed by atoms with Crippen molar-refractivity contribution in [1.82, 2.24) is 5.06 Å². The van der Waals surface area contributed by atoms with Gasteiger partial charge in [0.25, 0.3) is 5.91 Å². The minimum atomic E-state index is -2.40. The van der Waals surface area contributed by atoms with Crippen molar-refractivity contribution >= 4 is 17.4 Å². The molecule has 0 fully saturated rings. The van der Waals surface area contributed by atoms with Gasteiger partial charge in [-0.15, -0.1) is 0 Å². The molecule has 2 rings (SSSR count). The van der Waals surface area contributed by atoms with Gasteiger partial charge in [-0.1, -0.05) is 37.8 Å². The Balaban J connectivity index is 2.06. The molecule has 0 heterocycles. The fourth-order valence-corrected chi connectivity index (χ4v) is 2.75. The summed E-state index contributed by atoms with van der Waals surface area (Å²) in [4.78, 5) is 28.3. The summed E-state index contributed by atoms with van der Waals surface area (Å²) in [7, 11) is 0. The van der Waals surface area contributed by atoms with Crippen molar-refractivity contribution in [3.8, 4) is 0 Å². The number of hydrogen-bond donors (Lipinski definition) is 0. The minimum Gasteiger partial charge on any atom is -0.332 e. The molecule has 9 heteroatoms.